The van der Waals surface area contributed by atoms with E-state index in [1.807, 2.05) is 25.1 Å². The van der Waals surface area contributed by atoms with Crippen molar-refractivity contribution in [3.05, 3.63) is 53.1 Å². The molecule has 154 valence electrons. The summed E-state index contributed by atoms with van der Waals surface area (Å²) in [6.07, 6.45) is 0. The Labute approximate surface area is 171 Å². The number of piperazine rings is 1. The predicted octanol–water partition coefficient (Wildman–Crippen LogP) is 2.79. The maximum Gasteiger partial charge on any atom is 0.337 e. The lowest BCUT2D eigenvalue weighted by atomic mass is 10.1. The van der Waals surface area contributed by atoms with Gasteiger partial charge in [-0.1, -0.05) is 12.1 Å². The van der Waals surface area contributed by atoms with Crippen molar-refractivity contribution in [3.8, 4) is 5.75 Å². The van der Waals surface area contributed by atoms with Crippen LogP contribution >= 0.6 is 0 Å². The van der Waals surface area contributed by atoms with Gasteiger partial charge in [-0.05, 0) is 43.8 Å². The molecule has 0 spiro atoms. The van der Waals surface area contributed by atoms with Crippen LogP contribution in [0.2, 0.25) is 0 Å². The summed E-state index contributed by atoms with van der Waals surface area (Å²) in [5.41, 5.74) is 3.16. The number of ether oxygens (including phenoxy) is 2. The molecule has 3 rings (SSSR count). The first-order chi connectivity index (χ1) is 13.9. The van der Waals surface area contributed by atoms with E-state index < -0.39 is 5.97 Å². The van der Waals surface area contributed by atoms with Crippen LogP contribution in [0.1, 0.15) is 26.3 Å². The molecule has 29 heavy (non-hydrogen) atoms. The van der Waals surface area contributed by atoms with Gasteiger partial charge in [-0.15, -0.1) is 0 Å². The Bertz CT molecular complexity index is 905. The predicted molar refractivity (Wildman–Crippen MR) is 113 cm³/mol. The minimum atomic E-state index is -0.446. The van der Waals surface area contributed by atoms with Gasteiger partial charge >= 0.3 is 5.97 Å². The summed E-state index contributed by atoms with van der Waals surface area (Å²) < 4.78 is 10.3. The number of amides is 1. The van der Waals surface area contributed by atoms with E-state index in [0.717, 1.165) is 37.4 Å². The van der Waals surface area contributed by atoms with Crippen LogP contribution in [0.4, 0.5) is 11.4 Å². The number of benzene rings is 2. The van der Waals surface area contributed by atoms with E-state index in [2.05, 4.69) is 22.2 Å². The van der Waals surface area contributed by atoms with Crippen LogP contribution in [0.5, 0.6) is 5.75 Å². The molecule has 1 fully saturated rings. The van der Waals surface area contributed by atoms with Crippen molar-refractivity contribution in [2.45, 2.75) is 6.92 Å². The smallest absolute Gasteiger partial charge is 0.337 e. The largest absolute Gasteiger partial charge is 0.496 e. The standard InChI is InChI=1S/C22H27N3O4/c1-15-6-5-7-17(20(15)28-3)21(26)23-18-14-16(22(27)29-4)8-9-19(18)25-12-10-24(2)11-13-25/h5-9,14H,10-13H2,1-4H3,(H,23,26). The third-order valence-corrected chi connectivity index (χ3v) is 5.17. The molecule has 2 aromatic rings. The number of anilines is 2. The molecule has 1 saturated heterocycles. The number of nitrogens with one attached hydrogen (secondary N) is 1. The van der Waals surface area contributed by atoms with E-state index in [9.17, 15) is 9.59 Å². The van der Waals surface area contributed by atoms with Crippen LogP contribution in [-0.4, -0.2) is 64.2 Å². The van der Waals surface area contributed by atoms with Crippen LogP contribution in [0, 0.1) is 6.92 Å². The van der Waals surface area contributed by atoms with Gasteiger partial charge in [0.2, 0.25) is 0 Å². The molecule has 0 bridgehead atoms. The highest BCUT2D eigenvalue weighted by Crippen LogP contribution is 2.30. The third-order valence-electron chi connectivity index (χ3n) is 5.17. The number of hydrogen-bond acceptors (Lipinski definition) is 6. The molecule has 0 aliphatic carbocycles. The van der Waals surface area contributed by atoms with Crippen molar-refractivity contribution < 1.29 is 19.1 Å². The van der Waals surface area contributed by atoms with Crippen molar-refractivity contribution in [3.63, 3.8) is 0 Å². The van der Waals surface area contributed by atoms with Gasteiger partial charge in [0.15, 0.2) is 0 Å². The first kappa shape index (κ1) is 20.7. The summed E-state index contributed by atoms with van der Waals surface area (Å²) in [5, 5.41) is 2.97. The maximum absolute atomic E-state index is 13.0. The molecule has 1 aliphatic rings. The lowest BCUT2D eigenvalue weighted by molar-refractivity contribution is 0.0600. The third kappa shape index (κ3) is 4.51. The summed E-state index contributed by atoms with van der Waals surface area (Å²) in [7, 11) is 4.98. The highest BCUT2D eigenvalue weighted by atomic mass is 16.5. The molecular formula is C22H27N3O4. The van der Waals surface area contributed by atoms with Crippen LogP contribution < -0.4 is 15.0 Å². The summed E-state index contributed by atoms with van der Waals surface area (Å²) in [6, 6.07) is 10.7. The van der Waals surface area contributed by atoms with Crippen molar-refractivity contribution >= 4 is 23.3 Å². The summed E-state index contributed by atoms with van der Waals surface area (Å²) in [4.78, 5) is 29.5. The van der Waals surface area contributed by atoms with Gasteiger partial charge < -0.3 is 24.6 Å². The Kier molecular flexibility index (Phi) is 6.39. The zero-order valence-corrected chi connectivity index (χ0v) is 17.3. The topological polar surface area (TPSA) is 71.1 Å². The number of carbonyl (C=O) groups is 2. The molecule has 1 amide bonds. The van der Waals surface area contributed by atoms with E-state index >= 15 is 0 Å². The molecule has 7 heteroatoms. The van der Waals surface area contributed by atoms with Gasteiger partial charge in [-0.3, -0.25) is 4.79 Å². The van der Waals surface area contributed by atoms with Crippen molar-refractivity contribution in [2.75, 3.05) is 57.7 Å². The summed E-state index contributed by atoms with van der Waals surface area (Å²) in [5.74, 6) is -0.197. The monoisotopic (exact) mass is 397 g/mol. The second-order valence-electron chi connectivity index (χ2n) is 7.12. The normalized spacial score (nSPS) is 14.4. The zero-order valence-electron chi connectivity index (χ0n) is 17.3. The molecule has 0 atom stereocenters. The van der Waals surface area contributed by atoms with Gasteiger partial charge in [0.05, 0.1) is 36.7 Å². The fourth-order valence-corrected chi connectivity index (χ4v) is 3.50. The van der Waals surface area contributed by atoms with Crippen molar-refractivity contribution in [1.82, 2.24) is 4.90 Å². The van der Waals surface area contributed by atoms with Crippen LogP contribution in [0.25, 0.3) is 0 Å². The first-order valence-electron chi connectivity index (χ1n) is 9.55. The first-order valence-corrected chi connectivity index (χ1v) is 9.55. The number of carbonyl (C=O) groups excluding carboxylic acids is 2. The van der Waals surface area contributed by atoms with Crippen LogP contribution in [0.15, 0.2) is 36.4 Å². The number of aryl methyl sites for hydroxylation is 1. The van der Waals surface area contributed by atoms with E-state index in [-0.39, 0.29) is 5.91 Å². The molecule has 0 unspecified atom stereocenters. The highest BCUT2D eigenvalue weighted by molar-refractivity contribution is 6.08. The Morgan fingerprint density at radius 1 is 1.03 bits per heavy atom. The number of hydrogen-bond donors (Lipinski definition) is 1. The lowest BCUT2D eigenvalue weighted by Crippen LogP contribution is -2.44. The van der Waals surface area contributed by atoms with E-state index in [4.69, 9.17) is 9.47 Å². The molecule has 1 aliphatic heterocycles. The lowest BCUT2D eigenvalue weighted by Gasteiger charge is -2.35. The average molecular weight is 397 g/mol. The number of likely N-dealkylation sites (N-methyl/N-ethyl adjacent to an activating group) is 1. The maximum atomic E-state index is 13.0. The number of esters is 1. The fraction of sp³-hybridized carbons (Fsp3) is 0.364. The minimum absolute atomic E-state index is 0.289. The van der Waals surface area contributed by atoms with E-state index in [1.165, 1.54) is 7.11 Å². The quantitative estimate of drug-likeness (QED) is 0.783. The second kappa shape index (κ2) is 8.96. The number of rotatable bonds is 5. The van der Waals surface area contributed by atoms with Gasteiger partial charge in [-0.2, -0.15) is 0 Å². The number of para-hydroxylation sites is 1. The van der Waals surface area contributed by atoms with Gasteiger partial charge in [0.25, 0.3) is 5.91 Å². The molecule has 0 radical (unpaired) electrons. The Morgan fingerprint density at radius 3 is 2.41 bits per heavy atom. The highest BCUT2D eigenvalue weighted by Gasteiger charge is 2.21. The fourth-order valence-electron chi connectivity index (χ4n) is 3.50. The Balaban J connectivity index is 1.96. The minimum Gasteiger partial charge on any atom is -0.496 e. The average Bonchev–Trinajstić information content (AvgIpc) is 2.73. The van der Waals surface area contributed by atoms with Gasteiger partial charge in [0, 0.05) is 26.2 Å². The van der Waals surface area contributed by atoms with Crippen molar-refractivity contribution in [2.24, 2.45) is 0 Å². The van der Waals surface area contributed by atoms with Crippen LogP contribution in [-0.2, 0) is 4.74 Å². The summed E-state index contributed by atoms with van der Waals surface area (Å²) in [6.45, 7) is 5.42. The van der Waals surface area contributed by atoms with E-state index in [1.54, 1.807) is 25.3 Å². The molecule has 1 heterocycles. The van der Waals surface area contributed by atoms with Gasteiger partial charge in [-0.25, -0.2) is 4.79 Å². The molecule has 0 aromatic heterocycles. The molecule has 1 N–H and O–H groups in total. The molecule has 0 saturated carbocycles. The van der Waals surface area contributed by atoms with Crippen LogP contribution in [0.3, 0.4) is 0 Å². The number of nitrogens with zero attached hydrogens (tertiary/aromatic N) is 2. The second-order valence-corrected chi connectivity index (χ2v) is 7.12. The SMILES string of the molecule is COC(=O)c1ccc(N2CCN(C)CC2)c(NC(=O)c2cccc(C)c2OC)c1. The van der Waals surface area contributed by atoms with Gasteiger partial charge in [0.1, 0.15) is 5.75 Å². The number of methoxy groups -OCH3 is 2. The zero-order chi connectivity index (χ0) is 21.0. The Hall–Kier alpha value is -3.06. The molecule has 7 nitrogen and oxygen atoms in total. The van der Waals surface area contributed by atoms with E-state index in [0.29, 0.717) is 22.6 Å². The molecule has 2 aromatic carbocycles. The summed E-state index contributed by atoms with van der Waals surface area (Å²) >= 11 is 0. The van der Waals surface area contributed by atoms with Crippen molar-refractivity contribution in [1.29, 1.82) is 0 Å². The molecular weight excluding hydrogens is 370 g/mol. The Morgan fingerprint density at radius 2 is 1.76 bits per heavy atom.